The number of hydrogen-bond donors (Lipinski definition) is 2. The molecular formula is C24H34FN5O3. The van der Waals surface area contributed by atoms with Crippen LogP contribution in [0.5, 0.6) is 0 Å². The quantitative estimate of drug-likeness (QED) is 0.646. The van der Waals surface area contributed by atoms with Gasteiger partial charge in [0, 0.05) is 11.4 Å². The van der Waals surface area contributed by atoms with E-state index in [2.05, 4.69) is 29.3 Å². The topological polar surface area (TPSA) is 110 Å². The normalized spacial score (nSPS) is 17.5. The average Bonchev–Trinajstić information content (AvgIpc) is 3.55. The lowest BCUT2D eigenvalue weighted by Crippen LogP contribution is -2.20. The van der Waals surface area contributed by atoms with Gasteiger partial charge in [0.1, 0.15) is 12.1 Å². The van der Waals surface area contributed by atoms with E-state index in [-0.39, 0.29) is 24.6 Å². The third-order valence-electron chi connectivity index (χ3n) is 5.96. The number of rotatable bonds is 6. The molecule has 0 spiro atoms. The molecule has 2 aliphatic rings. The van der Waals surface area contributed by atoms with Crippen LogP contribution in [0.1, 0.15) is 55.9 Å². The zero-order chi connectivity index (χ0) is 24.2. The maximum atomic E-state index is 13.0. The highest BCUT2D eigenvalue weighted by Crippen LogP contribution is 2.27. The van der Waals surface area contributed by atoms with E-state index in [9.17, 15) is 18.8 Å². The number of nitrogens with one attached hydrogen (secondary N) is 1. The van der Waals surface area contributed by atoms with E-state index in [1.165, 1.54) is 24.1 Å². The van der Waals surface area contributed by atoms with Crippen molar-refractivity contribution in [3.05, 3.63) is 41.4 Å². The lowest BCUT2D eigenvalue weighted by atomic mass is 10.2. The standard InChI is InChI=1S/C10H9N3O2.C8H12FNO.C6H13N/c11-10(15)9-7-3-1-2-4-8(7)13(12-9)5-6-14;9-8(5-10-6-11)7-3-1-2-4-7;1-6-4-3-5-7(6)2/h1-4,6H,5H2,(H2,11,15);6H,1-5H2,(H,10,11);6H,3-5H2,1-2H3. The van der Waals surface area contributed by atoms with Crippen LogP contribution in [0, 0.1) is 0 Å². The van der Waals surface area contributed by atoms with Gasteiger partial charge in [-0.05, 0) is 70.7 Å². The molecule has 33 heavy (non-hydrogen) atoms. The predicted octanol–water partition coefficient (Wildman–Crippen LogP) is 2.96. The molecular weight excluding hydrogens is 425 g/mol. The highest BCUT2D eigenvalue weighted by Gasteiger charge is 2.15. The second-order valence-corrected chi connectivity index (χ2v) is 8.26. The molecule has 1 atom stereocenters. The number of carbonyl (C=O) groups excluding carboxylic acids is 3. The van der Waals surface area contributed by atoms with Crippen molar-refractivity contribution in [1.29, 1.82) is 0 Å². The summed E-state index contributed by atoms with van der Waals surface area (Å²) in [6.45, 7) is 3.78. The molecule has 1 unspecified atom stereocenters. The van der Waals surface area contributed by atoms with Crippen molar-refractivity contribution in [3.8, 4) is 0 Å². The number of carbonyl (C=O) groups is 3. The molecule has 2 heterocycles. The number of primary amides is 1. The van der Waals surface area contributed by atoms with Gasteiger partial charge < -0.3 is 20.7 Å². The van der Waals surface area contributed by atoms with Crippen molar-refractivity contribution < 1.29 is 18.8 Å². The molecule has 1 saturated heterocycles. The van der Waals surface area contributed by atoms with Crippen molar-refractivity contribution >= 4 is 29.5 Å². The van der Waals surface area contributed by atoms with Gasteiger partial charge in [0.15, 0.2) is 5.69 Å². The minimum atomic E-state index is -0.587. The minimum Gasteiger partial charge on any atom is -0.364 e. The Morgan fingerprint density at radius 2 is 1.94 bits per heavy atom. The largest absolute Gasteiger partial charge is 0.364 e. The maximum Gasteiger partial charge on any atom is 0.269 e. The molecule has 2 amide bonds. The van der Waals surface area contributed by atoms with Gasteiger partial charge in [-0.25, -0.2) is 4.39 Å². The van der Waals surface area contributed by atoms with Crippen LogP contribution in [-0.2, 0) is 16.1 Å². The molecule has 2 aromatic rings. The molecule has 2 fully saturated rings. The first-order valence-electron chi connectivity index (χ1n) is 11.3. The molecule has 0 radical (unpaired) electrons. The summed E-state index contributed by atoms with van der Waals surface area (Å²) in [6, 6.07) is 8.00. The molecule has 8 nitrogen and oxygen atoms in total. The molecule has 9 heteroatoms. The van der Waals surface area contributed by atoms with Crippen LogP contribution in [-0.4, -0.2) is 59.5 Å². The van der Waals surface area contributed by atoms with E-state index < -0.39 is 5.91 Å². The van der Waals surface area contributed by atoms with Crippen molar-refractivity contribution in [2.45, 2.75) is 58.0 Å². The second-order valence-electron chi connectivity index (χ2n) is 8.26. The van der Waals surface area contributed by atoms with Gasteiger partial charge in [-0.1, -0.05) is 18.2 Å². The number of nitrogens with zero attached hydrogens (tertiary/aromatic N) is 3. The summed E-state index contributed by atoms with van der Waals surface area (Å²) in [7, 11) is 2.19. The number of nitrogens with two attached hydrogens (primary N) is 1. The average molecular weight is 460 g/mol. The maximum absolute atomic E-state index is 13.0. The summed E-state index contributed by atoms with van der Waals surface area (Å²) in [4.78, 5) is 33.7. The summed E-state index contributed by atoms with van der Waals surface area (Å²) in [5, 5.41) is 6.97. The number of aldehydes is 1. The predicted molar refractivity (Wildman–Crippen MR) is 126 cm³/mol. The summed E-state index contributed by atoms with van der Waals surface area (Å²) in [6.07, 6.45) is 7.96. The number of fused-ring (bicyclic) bond motifs is 1. The fourth-order valence-electron chi connectivity index (χ4n) is 3.93. The van der Waals surface area contributed by atoms with Gasteiger partial charge in [0.05, 0.1) is 18.6 Å². The van der Waals surface area contributed by atoms with E-state index in [0.717, 1.165) is 49.1 Å². The Balaban J connectivity index is 0.000000188. The van der Waals surface area contributed by atoms with E-state index in [4.69, 9.17) is 5.73 Å². The first-order chi connectivity index (χ1) is 15.9. The zero-order valence-corrected chi connectivity index (χ0v) is 19.4. The van der Waals surface area contributed by atoms with Crippen LogP contribution >= 0.6 is 0 Å². The Bertz CT molecular complexity index is 956. The third-order valence-corrected chi connectivity index (χ3v) is 5.96. The second kappa shape index (κ2) is 13.5. The van der Waals surface area contributed by atoms with Gasteiger partial charge in [-0.3, -0.25) is 14.3 Å². The third kappa shape index (κ3) is 7.78. The number of aromatic nitrogens is 2. The van der Waals surface area contributed by atoms with Crippen LogP contribution in [0.3, 0.4) is 0 Å². The van der Waals surface area contributed by atoms with Gasteiger partial charge in [0.2, 0.25) is 6.41 Å². The van der Waals surface area contributed by atoms with Crippen molar-refractivity contribution in [2.24, 2.45) is 5.73 Å². The summed E-state index contributed by atoms with van der Waals surface area (Å²) < 4.78 is 14.4. The van der Waals surface area contributed by atoms with Crippen LogP contribution < -0.4 is 11.1 Å². The molecule has 3 N–H and O–H groups in total. The Morgan fingerprint density at radius 3 is 2.45 bits per heavy atom. The van der Waals surface area contributed by atoms with Gasteiger partial charge >= 0.3 is 0 Å². The van der Waals surface area contributed by atoms with E-state index in [0.29, 0.717) is 11.8 Å². The molecule has 0 bridgehead atoms. The molecule has 4 rings (SSSR count). The summed E-state index contributed by atoms with van der Waals surface area (Å²) in [5.41, 5.74) is 7.01. The Kier molecular flexibility index (Phi) is 10.7. The van der Waals surface area contributed by atoms with E-state index in [1.54, 1.807) is 18.2 Å². The molecule has 1 aliphatic heterocycles. The van der Waals surface area contributed by atoms with Crippen LogP contribution in [0.2, 0.25) is 0 Å². The number of likely N-dealkylation sites (tertiary alicyclic amines) is 1. The van der Waals surface area contributed by atoms with E-state index in [1.807, 2.05) is 6.07 Å². The summed E-state index contributed by atoms with van der Waals surface area (Å²) >= 11 is 0. The number of amides is 2. The smallest absolute Gasteiger partial charge is 0.269 e. The lowest BCUT2D eigenvalue weighted by Gasteiger charge is -2.12. The van der Waals surface area contributed by atoms with Gasteiger partial charge in [-0.15, -0.1) is 0 Å². The van der Waals surface area contributed by atoms with Crippen LogP contribution in [0.4, 0.5) is 4.39 Å². The SMILES string of the molecule is CC1CCCN1C.NC(=O)c1nn(CC=O)c2ccccc12.O=CNCC(F)=C1CCCC1. The van der Waals surface area contributed by atoms with Crippen molar-refractivity contribution in [1.82, 2.24) is 20.0 Å². The zero-order valence-electron chi connectivity index (χ0n) is 19.4. The molecule has 1 aromatic carbocycles. The Labute approximate surface area is 194 Å². The Hall–Kier alpha value is -3.07. The molecule has 180 valence electrons. The molecule has 1 aromatic heterocycles. The number of halogens is 1. The molecule has 1 saturated carbocycles. The summed E-state index contributed by atoms with van der Waals surface area (Å²) in [5.74, 6) is -0.731. The first kappa shape index (κ1) is 26.2. The highest BCUT2D eigenvalue weighted by molar-refractivity contribution is 6.04. The fraction of sp³-hybridized carbons (Fsp3) is 0.500. The lowest BCUT2D eigenvalue weighted by molar-refractivity contribution is -0.109. The number of benzene rings is 1. The monoisotopic (exact) mass is 459 g/mol. The first-order valence-corrected chi connectivity index (χ1v) is 11.3. The fourth-order valence-corrected chi connectivity index (χ4v) is 3.93. The Morgan fingerprint density at radius 1 is 1.24 bits per heavy atom. The highest BCUT2D eigenvalue weighted by atomic mass is 19.1. The minimum absolute atomic E-state index is 0.0683. The van der Waals surface area contributed by atoms with Crippen molar-refractivity contribution in [3.63, 3.8) is 0 Å². The van der Waals surface area contributed by atoms with E-state index >= 15 is 0 Å². The van der Waals surface area contributed by atoms with Gasteiger partial charge in [-0.2, -0.15) is 5.10 Å². The van der Waals surface area contributed by atoms with Crippen LogP contribution in [0.25, 0.3) is 10.9 Å². The van der Waals surface area contributed by atoms with Crippen molar-refractivity contribution in [2.75, 3.05) is 20.1 Å². The molecule has 1 aliphatic carbocycles. The number of hydrogen-bond acceptors (Lipinski definition) is 5. The van der Waals surface area contributed by atoms with Gasteiger partial charge in [0.25, 0.3) is 5.91 Å². The number of allylic oxidation sites excluding steroid dienone is 1. The number of para-hydroxylation sites is 1. The van der Waals surface area contributed by atoms with Crippen LogP contribution in [0.15, 0.2) is 35.7 Å².